The number of piperidine rings is 1. The van der Waals surface area contributed by atoms with E-state index in [1.54, 1.807) is 0 Å². The third-order valence-electron chi connectivity index (χ3n) is 5.74. The van der Waals surface area contributed by atoms with Crippen molar-refractivity contribution in [1.29, 1.82) is 0 Å². The number of unbranched alkanes of at least 4 members (excludes halogenated alkanes) is 1. The average Bonchev–Trinajstić information content (AvgIpc) is 2.72. The van der Waals surface area contributed by atoms with Gasteiger partial charge >= 0.3 is 0 Å². The van der Waals surface area contributed by atoms with Gasteiger partial charge in [-0.3, -0.25) is 14.7 Å². The number of amides is 1. The molecule has 6 nitrogen and oxygen atoms in total. The maximum Gasteiger partial charge on any atom is 0.239 e. The van der Waals surface area contributed by atoms with Gasteiger partial charge in [0.1, 0.15) is 6.04 Å². The lowest BCUT2D eigenvalue weighted by atomic mass is 10.0. The Morgan fingerprint density at radius 3 is 2.74 bits per heavy atom. The smallest absolute Gasteiger partial charge is 0.239 e. The Morgan fingerprint density at radius 2 is 2.00 bits per heavy atom. The highest BCUT2D eigenvalue weighted by Crippen LogP contribution is 2.14. The molecule has 2 aliphatic heterocycles. The summed E-state index contributed by atoms with van der Waals surface area (Å²) >= 11 is 0. The van der Waals surface area contributed by atoms with E-state index in [1.807, 2.05) is 12.4 Å². The van der Waals surface area contributed by atoms with Crippen LogP contribution in [0.3, 0.4) is 0 Å². The third kappa shape index (κ3) is 6.26. The summed E-state index contributed by atoms with van der Waals surface area (Å²) < 4.78 is 5.58. The van der Waals surface area contributed by atoms with Crippen molar-refractivity contribution in [3.63, 3.8) is 0 Å². The van der Waals surface area contributed by atoms with E-state index in [0.29, 0.717) is 12.6 Å². The number of hydrogen-bond donors (Lipinski definition) is 1. The molecule has 2 aliphatic rings. The maximum absolute atomic E-state index is 12.8. The fourth-order valence-corrected chi connectivity index (χ4v) is 3.94. The summed E-state index contributed by atoms with van der Waals surface area (Å²) in [6, 6.07) is 4.35. The molecule has 0 saturated carbocycles. The Kier molecular flexibility index (Phi) is 8.05. The number of rotatable bonds is 8. The van der Waals surface area contributed by atoms with Crippen LogP contribution in [0.1, 0.15) is 38.2 Å². The van der Waals surface area contributed by atoms with Gasteiger partial charge in [-0.05, 0) is 49.9 Å². The van der Waals surface area contributed by atoms with Gasteiger partial charge in [0.05, 0.1) is 13.2 Å². The first kappa shape index (κ1) is 20.2. The van der Waals surface area contributed by atoms with Crippen molar-refractivity contribution in [2.75, 3.05) is 45.9 Å². The second-order valence-corrected chi connectivity index (χ2v) is 7.71. The quantitative estimate of drug-likeness (QED) is 0.751. The molecule has 150 valence electrons. The van der Waals surface area contributed by atoms with E-state index in [0.717, 1.165) is 71.4 Å². The molecule has 0 radical (unpaired) electrons. The lowest BCUT2D eigenvalue weighted by molar-refractivity contribution is -0.133. The van der Waals surface area contributed by atoms with E-state index >= 15 is 0 Å². The van der Waals surface area contributed by atoms with E-state index < -0.39 is 0 Å². The number of morpholine rings is 1. The fourth-order valence-electron chi connectivity index (χ4n) is 3.94. The van der Waals surface area contributed by atoms with E-state index in [-0.39, 0.29) is 11.9 Å². The van der Waals surface area contributed by atoms with Crippen LogP contribution in [-0.4, -0.2) is 78.7 Å². The van der Waals surface area contributed by atoms with E-state index in [9.17, 15) is 4.79 Å². The number of carbonyl (C=O) groups is 1. The molecular formula is C21H34N4O2. The number of likely N-dealkylation sites (tertiary alicyclic amines) is 1. The summed E-state index contributed by atoms with van der Waals surface area (Å²) in [6.07, 6.45) is 9.13. The number of nitrogens with one attached hydrogen (secondary N) is 1. The van der Waals surface area contributed by atoms with Crippen molar-refractivity contribution in [2.45, 2.75) is 51.1 Å². The highest BCUT2D eigenvalue weighted by molar-refractivity contribution is 5.82. The molecule has 0 spiro atoms. The van der Waals surface area contributed by atoms with Gasteiger partial charge in [0.25, 0.3) is 0 Å². The number of ether oxygens (including phenoxy) is 1. The van der Waals surface area contributed by atoms with Crippen molar-refractivity contribution >= 4 is 5.91 Å². The Hall–Kier alpha value is -1.50. The number of carbonyl (C=O) groups excluding carboxylic acids is 1. The van der Waals surface area contributed by atoms with E-state index in [2.05, 4.69) is 39.2 Å². The molecule has 1 amide bonds. The first-order valence-corrected chi connectivity index (χ1v) is 10.5. The molecule has 3 rings (SSSR count). The van der Waals surface area contributed by atoms with Gasteiger partial charge in [0, 0.05) is 44.6 Å². The molecule has 1 atom stereocenters. The van der Waals surface area contributed by atoms with Crippen LogP contribution in [0.25, 0.3) is 0 Å². The zero-order valence-corrected chi connectivity index (χ0v) is 16.6. The largest absolute Gasteiger partial charge is 0.378 e. The zero-order valence-electron chi connectivity index (χ0n) is 16.6. The molecule has 1 aromatic heterocycles. The minimum atomic E-state index is -0.116. The van der Waals surface area contributed by atoms with Crippen molar-refractivity contribution in [3.8, 4) is 0 Å². The molecule has 1 N–H and O–H groups in total. The van der Waals surface area contributed by atoms with Gasteiger partial charge in [-0.1, -0.05) is 13.3 Å². The van der Waals surface area contributed by atoms with Gasteiger partial charge < -0.3 is 15.0 Å². The van der Waals surface area contributed by atoms with Gasteiger partial charge in [-0.25, -0.2) is 0 Å². The Labute approximate surface area is 163 Å². The lowest BCUT2D eigenvalue weighted by Crippen LogP contribution is -2.56. The maximum atomic E-state index is 12.8. The SMILES string of the molecule is CCCCN1CCOCC1C(=O)NC1CCN(CCc2ccncc2)CC1. The Balaban J connectivity index is 1.39. The van der Waals surface area contributed by atoms with Crippen molar-refractivity contribution < 1.29 is 9.53 Å². The molecular weight excluding hydrogens is 340 g/mol. The number of nitrogens with zero attached hydrogens (tertiary/aromatic N) is 3. The lowest BCUT2D eigenvalue weighted by Gasteiger charge is -2.37. The Bertz CT molecular complexity index is 561. The first-order valence-electron chi connectivity index (χ1n) is 10.5. The van der Waals surface area contributed by atoms with Crippen LogP contribution < -0.4 is 5.32 Å². The van der Waals surface area contributed by atoms with Crippen molar-refractivity contribution in [2.24, 2.45) is 0 Å². The molecule has 1 unspecified atom stereocenters. The molecule has 2 fully saturated rings. The van der Waals surface area contributed by atoms with E-state index in [1.165, 1.54) is 5.56 Å². The predicted octanol–water partition coefficient (Wildman–Crippen LogP) is 1.71. The zero-order chi connectivity index (χ0) is 18.9. The van der Waals surface area contributed by atoms with Gasteiger partial charge in [-0.15, -0.1) is 0 Å². The van der Waals surface area contributed by atoms with Crippen LogP contribution in [0, 0.1) is 0 Å². The number of pyridine rings is 1. The van der Waals surface area contributed by atoms with Crippen LogP contribution in [0.2, 0.25) is 0 Å². The van der Waals surface area contributed by atoms with E-state index in [4.69, 9.17) is 4.74 Å². The minimum absolute atomic E-state index is 0.116. The molecule has 0 aromatic carbocycles. The minimum Gasteiger partial charge on any atom is -0.378 e. The number of hydrogen-bond acceptors (Lipinski definition) is 5. The summed E-state index contributed by atoms with van der Waals surface area (Å²) in [7, 11) is 0. The van der Waals surface area contributed by atoms with Crippen molar-refractivity contribution in [3.05, 3.63) is 30.1 Å². The summed E-state index contributed by atoms with van der Waals surface area (Å²) in [5.41, 5.74) is 1.34. The summed E-state index contributed by atoms with van der Waals surface area (Å²) in [6.45, 7) is 8.50. The second-order valence-electron chi connectivity index (χ2n) is 7.71. The fraction of sp³-hybridized carbons (Fsp3) is 0.714. The number of aromatic nitrogens is 1. The molecule has 1 aromatic rings. The Morgan fingerprint density at radius 1 is 1.22 bits per heavy atom. The molecule has 2 saturated heterocycles. The molecule has 6 heteroatoms. The van der Waals surface area contributed by atoms with Crippen LogP contribution in [-0.2, 0) is 16.0 Å². The van der Waals surface area contributed by atoms with Crippen LogP contribution in [0.5, 0.6) is 0 Å². The van der Waals surface area contributed by atoms with Gasteiger partial charge in [0.2, 0.25) is 5.91 Å². The first-order chi connectivity index (χ1) is 13.3. The van der Waals surface area contributed by atoms with Gasteiger partial charge in [0.15, 0.2) is 0 Å². The average molecular weight is 375 g/mol. The summed E-state index contributed by atoms with van der Waals surface area (Å²) in [5.74, 6) is 0.154. The standard InChI is InChI=1S/C21H34N4O2/c1-2-3-11-25-15-16-27-17-20(25)21(26)23-19-7-13-24(14-8-19)12-6-18-4-9-22-10-5-18/h4-5,9-10,19-20H,2-3,6-8,11-17H2,1H3,(H,23,26). The van der Waals surface area contributed by atoms with Gasteiger partial charge in [-0.2, -0.15) is 0 Å². The second kappa shape index (κ2) is 10.7. The highest BCUT2D eigenvalue weighted by Gasteiger charge is 2.31. The van der Waals surface area contributed by atoms with Crippen LogP contribution in [0.15, 0.2) is 24.5 Å². The van der Waals surface area contributed by atoms with Crippen LogP contribution >= 0.6 is 0 Å². The molecule has 3 heterocycles. The molecule has 0 aliphatic carbocycles. The van der Waals surface area contributed by atoms with Crippen molar-refractivity contribution in [1.82, 2.24) is 20.1 Å². The predicted molar refractivity (Wildman–Crippen MR) is 107 cm³/mol. The van der Waals surface area contributed by atoms with Crippen LogP contribution in [0.4, 0.5) is 0 Å². The summed E-state index contributed by atoms with van der Waals surface area (Å²) in [5, 5.41) is 3.29. The molecule has 27 heavy (non-hydrogen) atoms. The topological polar surface area (TPSA) is 57.7 Å². The highest BCUT2D eigenvalue weighted by atomic mass is 16.5. The molecule has 0 bridgehead atoms. The third-order valence-corrected chi connectivity index (χ3v) is 5.74. The normalized spacial score (nSPS) is 22.6. The monoisotopic (exact) mass is 374 g/mol. The summed E-state index contributed by atoms with van der Waals surface area (Å²) in [4.78, 5) is 21.6.